The van der Waals surface area contributed by atoms with Gasteiger partial charge in [0.15, 0.2) is 0 Å². The van der Waals surface area contributed by atoms with Gasteiger partial charge in [-0.3, -0.25) is 0 Å². The van der Waals surface area contributed by atoms with E-state index in [1.54, 1.807) is 7.11 Å². The van der Waals surface area contributed by atoms with Crippen molar-refractivity contribution in [3.05, 3.63) is 50.6 Å². The zero-order valence-corrected chi connectivity index (χ0v) is 13.6. The number of benzene rings is 1. The second-order valence-corrected chi connectivity index (χ2v) is 6.23. The van der Waals surface area contributed by atoms with Gasteiger partial charge in [0.2, 0.25) is 0 Å². The molecule has 0 aliphatic carbocycles. The van der Waals surface area contributed by atoms with E-state index in [1.165, 1.54) is 10.4 Å². The Balaban J connectivity index is 2.12. The number of nitrogens with one attached hydrogen (secondary N) is 1. The maximum absolute atomic E-state index is 5.31. The highest BCUT2D eigenvalue weighted by atomic mass is 79.9. The minimum Gasteiger partial charge on any atom is -0.497 e. The number of halogens is 1. The van der Waals surface area contributed by atoms with Crippen molar-refractivity contribution >= 4 is 27.3 Å². The molecule has 0 aliphatic rings. The molecule has 0 aliphatic heterocycles. The lowest BCUT2D eigenvalue weighted by molar-refractivity contribution is 0.412. The van der Waals surface area contributed by atoms with Crippen LogP contribution in [0.1, 0.15) is 22.9 Å². The Morgan fingerprint density at radius 1 is 1.37 bits per heavy atom. The van der Waals surface area contributed by atoms with Gasteiger partial charge in [-0.05, 0) is 55.1 Å². The van der Waals surface area contributed by atoms with E-state index in [0.29, 0.717) is 6.04 Å². The normalized spacial score (nSPS) is 12.4. The summed E-state index contributed by atoms with van der Waals surface area (Å²) in [7, 11) is 3.71. The monoisotopic (exact) mass is 339 g/mol. The second kappa shape index (κ2) is 7.08. The molecule has 1 atom stereocenters. The van der Waals surface area contributed by atoms with E-state index in [-0.39, 0.29) is 0 Å². The van der Waals surface area contributed by atoms with Crippen LogP contribution in [0.4, 0.5) is 0 Å². The quantitative estimate of drug-likeness (QED) is 0.841. The molecule has 0 amide bonds. The first-order chi connectivity index (χ1) is 9.24. The molecule has 1 heterocycles. The lowest BCUT2D eigenvalue weighted by Gasteiger charge is -2.18. The van der Waals surface area contributed by atoms with Crippen molar-refractivity contribution in [2.75, 3.05) is 14.2 Å². The van der Waals surface area contributed by atoms with Gasteiger partial charge in [-0.15, -0.1) is 11.3 Å². The average molecular weight is 340 g/mol. The molecule has 19 heavy (non-hydrogen) atoms. The SMILES string of the molecule is CNC(CCc1cccs1)c1cc(OC)ccc1Br. The van der Waals surface area contributed by atoms with Gasteiger partial charge in [-0.25, -0.2) is 0 Å². The summed E-state index contributed by atoms with van der Waals surface area (Å²) in [6.45, 7) is 0. The standard InChI is InChI=1S/C15H18BrNOS/c1-17-15(8-6-12-4-3-9-19-12)13-10-11(18-2)5-7-14(13)16/h3-5,7,9-10,15,17H,6,8H2,1-2H3. The molecule has 0 spiro atoms. The molecule has 2 nitrogen and oxygen atoms in total. The molecule has 0 bridgehead atoms. The van der Waals surface area contributed by atoms with Crippen LogP contribution < -0.4 is 10.1 Å². The van der Waals surface area contributed by atoms with E-state index < -0.39 is 0 Å². The third kappa shape index (κ3) is 3.81. The van der Waals surface area contributed by atoms with Crippen LogP contribution in [0.3, 0.4) is 0 Å². The molecule has 0 fully saturated rings. The highest BCUT2D eigenvalue weighted by Gasteiger charge is 2.14. The number of thiophene rings is 1. The fraction of sp³-hybridized carbons (Fsp3) is 0.333. The Morgan fingerprint density at radius 3 is 2.84 bits per heavy atom. The number of aryl methyl sites for hydroxylation is 1. The van der Waals surface area contributed by atoms with Crippen LogP contribution in [0.2, 0.25) is 0 Å². The zero-order chi connectivity index (χ0) is 13.7. The van der Waals surface area contributed by atoms with E-state index in [9.17, 15) is 0 Å². The van der Waals surface area contributed by atoms with Crippen molar-refractivity contribution in [1.82, 2.24) is 5.32 Å². The third-order valence-electron chi connectivity index (χ3n) is 3.19. The Hall–Kier alpha value is -0.840. The molecule has 1 aromatic heterocycles. The van der Waals surface area contributed by atoms with Crippen molar-refractivity contribution < 1.29 is 4.74 Å². The summed E-state index contributed by atoms with van der Waals surface area (Å²) in [6, 6.07) is 10.7. The van der Waals surface area contributed by atoms with E-state index in [4.69, 9.17) is 4.74 Å². The van der Waals surface area contributed by atoms with Crippen LogP contribution in [0.25, 0.3) is 0 Å². The molecular formula is C15H18BrNOS. The maximum atomic E-state index is 5.31. The topological polar surface area (TPSA) is 21.3 Å². The van der Waals surface area contributed by atoms with E-state index >= 15 is 0 Å². The second-order valence-electron chi connectivity index (χ2n) is 4.35. The van der Waals surface area contributed by atoms with Gasteiger partial charge in [0.05, 0.1) is 7.11 Å². The fourth-order valence-corrected chi connectivity index (χ4v) is 3.36. The summed E-state index contributed by atoms with van der Waals surface area (Å²) in [5, 5.41) is 5.52. The van der Waals surface area contributed by atoms with E-state index in [0.717, 1.165) is 23.1 Å². The first-order valence-corrected chi connectivity index (χ1v) is 7.95. The molecular weight excluding hydrogens is 322 g/mol. The van der Waals surface area contributed by atoms with Gasteiger partial charge in [0.25, 0.3) is 0 Å². The highest BCUT2D eigenvalue weighted by Crippen LogP contribution is 2.30. The van der Waals surface area contributed by atoms with Gasteiger partial charge in [0, 0.05) is 15.4 Å². The van der Waals surface area contributed by atoms with Crippen LogP contribution in [0, 0.1) is 0 Å². The number of hydrogen-bond donors (Lipinski definition) is 1. The van der Waals surface area contributed by atoms with Gasteiger partial charge < -0.3 is 10.1 Å². The molecule has 0 saturated carbocycles. The molecule has 0 saturated heterocycles. The van der Waals surface area contributed by atoms with Crippen molar-refractivity contribution in [3.8, 4) is 5.75 Å². The molecule has 0 radical (unpaired) electrons. The highest BCUT2D eigenvalue weighted by molar-refractivity contribution is 9.10. The van der Waals surface area contributed by atoms with Crippen molar-refractivity contribution in [1.29, 1.82) is 0 Å². The lowest BCUT2D eigenvalue weighted by atomic mass is 10.0. The smallest absolute Gasteiger partial charge is 0.119 e. The van der Waals surface area contributed by atoms with Crippen LogP contribution in [0.15, 0.2) is 40.2 Å². The Kier molecular flexibility index (Phi) is 5.43. The van der Waals surface area contributed by atoms with Crippen LogP contribution in [0.5, 0.6) is 5.75 Å². The summed E-state index contributed by atoms with van der Waals surface area (Å²) in [5.74, 6) is 0.898. The molecule has 4 heteroatoms. The predicted octanol–water partition coefficient (Wildman–Crippen LogP) is 4.41. The number of methoxy groups -OCH3 is 1. The van der Waals surface area contributed by atoms with E-state index in [1.807, 2.05) is 30.5 Å². The summed E-state index contributed by atoms with van der Waals surface area (Å²) >= 11 is 5.45. The summed E-state index contributed by atoms with van der Waals surface area (Å²) in [4.78, 5) is 1.43. The van der Waals surface area contributed by atoms with Gasteiger partial charge in [-0.1, -0.05) is 22.0 Å². The minimum absolute atomic E-state index is 0.326. The zero-order valence-electron chi connectivity index (χ0n) is 11.2. The van der Waals surface area contributed by atoms with Crippen molar-refractivity contribution in [2.24, 2.45) is 0 Å². The van der Waals surface area contributed by atoms with Gasteiger partial charge in [-0.2, -0.15) is 0 Å². The Bertz CT molecular complexity index is 513. The van der Waals surface area contributed by atoms with Gasteiger partial charge >= 0.3 is 0 Å². The molecule has 1 unspecified atom stereocenters. The molecule has 1 aromatic carbocycles. The fourth-order valence-electron chi connectivity index (χ4n) is 2.11. The summed E-state index contributed by atoms with van der Waals surface area (Å²) in [5.41, 5.74) is 1.25. The maximum Gasteiger partial charge on any atom is 0.119 e. The Morgan fingerprint density at radius 2 is 2.21 bits per heavy atom. The molecule has 102 valence electrons. The number of hydrogen-bond acceptors (Lipinski definition) is 3. The predicted molar refractivity (Wildman–Crippen MR) is 85.1 cm³/mol. The van der Waals surface area contributed by atoms with Crippen LogP contribution in [-0.4, -0.2) is 14.2 Å². The minimum atomic E-state index is 0.326. The van der Waals surface area contributed by atoms with E-state index in [2.05, 4.69) is 44.8 Å². The Labute approximate surface area is 126 Å². The molecule has 1 N–H and O–H groups in total. The first-order valence-electron chi connectivity index (χ1n) is 6.27. The van der Waals surface area contributed by atoms with Crippen LogP contribution >= 0.6 is 27.3 Å². The molecule has 2 rings (SSSR count). The summed E-state index contributed by atoms with van der Waals surface area (Å²) in [6.07, 6.45) is 2.16. The average Bonchev–Trinajstić information content (AvgIpc) is 2.94. The molecule has 2 aromatic rings. The number of rotatable bonds is 6. The lowest BCUT2D eigenvalue weighted by Crippen LogP contribution is -2.17. The largest absolute Gasteiger partial charge is 0.497 e. The first kappa shape index (κ1) is 14.6. The van der Waals surface area contributed by atoms with Crippen molar-refractivity contribution in [2.45, 2.75) is 18.9 Å². The summed E-state index contributed by atoms with van der Waals surface area (Å²) < 4.78 is 6.43. The third-order valence-corrected chi connectivity index (χ3v) is 4.84. The number of ether oxygens (including phenoxy) is 1. The van der Waals surface area contributed by atoms with Crippen molar-refractivity contribution in [3.63, 3.8) is 0 Å². The van der Waals surface area contributed by atoms with Gasteiger partial charge in [0.1, 0.15) is 5.75 Å². The van der Waals surface area contributed by atoms with Crippen LogP contribution in [-0.2, 0) is 6.42 Å².